The third kappa shape index (κ3) is 6.26. The molecular weight excluding hydrogens is 358 g/mol. The fourth-order valence-electron chi connectivity index (χ4n) is 2.63. The van der Waals surface area contributed by atoms with E-state index in [4.69, 9.17) is 18.9 Å². The molecule has 0 radical (unpaired) electrons. The average Bonchev–Trinajstić information content (AvgIpc) is 2.75. The van der Waals surface area contributed by atoms with Gasteiger partial charge in [-0.1, -0.05) is 18.2 Å². The van der Waals surface area contributed by atoms with Crippen LogP contribution in [0, 0.1) is 0 Å². The Morgan fingerprint density at radius 1 is 0.893 bits per heavy atom. The number of hydrogen-bond acceptors (Lipinski definition) is 5. The maximum atomic E-state index is 5.69. The molecule has 0 fully saturated rings. The Balaban J connectivity index is 1.83. The van der Waals surface area contributed by atoms with Crippen LogP contribution in [0.1, 0.15) is 12.0 Å². The lowest BCUT2D eigenvalue weighted by atomic mass is 10.1. The largest absolute Gasteiger partial charge is 0.496 e. The van der Waals surface area contributed by atoms with E-state index in [1.165, 1.54) is 0 Å². The van der Waals surface area contributed by atoms with Crippen molar-refractivity contribution in [3.63, 3.8) is 0 Å². The molecule has 0 aliphatic rings. The second kappa shape index (κ2) is 11.6. The summed E-state index contributed by atoms with van der Waals surface area (Å²) in [6, 6.07) is 13.4. The van der Waals surface area contributed by atoms with Gasteiger partial charge in [0.2, 0.25) is 0 Å². The Labute approximate surface area is 166 Å². The van der Waals surface area contributed by atoms with E-state index in [0.717, 1.165) is 24.3 Å². The average molecular weight is 387 g/mol. The van der Waals surface area contributed by atoms with Gasteiger partial charge in [-0.05, 0) is 18.6 Å². The summed E-state index contributed by atoms with van der Waals surface area (Å²) >= 11 is 0. The number of nitrogens with zero attached hydrogens (tertiary/aromatic N) is 1. The molecule has 0 unspecified atom stereocenters. The molecule has 152 valence electrons. The van der Waals surface area contributed by atoms with Gasteiger partial charge in [0.1, 0.15) is 23.0 Å². The van der Waals surface area contributed by atoms with Crippen molar-refractivity contribution in [2.24, 2.45) is 4.99 Å². The highest BCUT2D eigenvalue weighted by Crippen LogP contribution is 2.33. The van der Waals surface area contributed by atoms with E-state index in [2.05, 4.69) is 15.6 Å². The Kier molecular flexibility index (Phi) is 8.78. The molecule has 2 aromatic rings. The van der Waals surface area contributed by atoms with Crippen molar-refractivity contribution in [2.45, 2.75) is 13.0 Å². The highest BCUT2D eigenvalue weighted by atomic mass is 16.5. The van der Waals surface area contributed by atoms with Gasteiger partial charge in [-0.3, -0.25) is 4.99 Å². The first-order chi connectivity index (χ1) is 13.7. The predicted octanol–water partition coefficient (Wildman–Crippen LogP) is 2.85. The Hall–Kier alpha value is -3.09. The highest BCUT2D eigenvalue weighted by Gasteiger charge is 2.13. The van der Waals surface area contributed by atoms with Crippen LogP contribution >= 0.6 is 0 Å². The lowest BCUT2D eigenvalue weighted by molar-refractivity contribution is 0.311. The zero-order chi connectivity index (χ0) is 20.2. The Morgan fingerprint density at radius 3 is 2.14 bits per heavy atom. The molecule has 0 spiro atoms. The molecule has 2 N–H and O–H groups in total. The summed E-state index contributed by atoms with van der Waals surface area (Å²) in [5, 5.41) is 6.55. The van der Waals surface area contributed by atoms with Gasteiger partial charge >= 0.3 is 0 Å². The summed E-state index contributed by atoms with van der Waals surface area (Å²) in [6.45, 7) is 1.87. The van der Waals surface area contributed by atoms with E-state index >= 15 is 0 Å². The van der Waals surface area contributed by atoms with Gasteiger partial charge in [-0.2, -0.15) is 0 Å². The van der Waals surface area contributed by atoms with Gasteiger partial charge in [0.15, 0.2) is 5.96 Å². The van der Waals surface area contributed by atoms with Crippen molar-refractivity contribution >= 4 is 5.96 Å². The van der Waals surface area contributed by atoms with Gasteiger partial charge in [0, 0.05) is 25.7 Å². The number of para-hydroxylation sites is 1. The first-order valence-electron chi connectivity index (χ1n) is 9.13. The van der Waals surface area contributed by atoms with Crippen molar-refractivity contribution < 1.29 is 18.9 Å². The SMILES string of the molecule is CN=C(NCCCOc1ccccc1)NCc1c(OC)cc(OC)cc1OC. The molecule has 0 heterocycles. The smallest absolute Gasteiger partial charge is 0.191 e. The summed E-state index contributed by atoms with van der Waals surface area (Å²) in [5.41, 5.74) is 0.890. The van der Waals surface area contributed by atoms with Crippen molar-refractivity contribution in [3.8, 4) is 23.0 Å². The molecule has 7 heteroatoms. The molecule has 0 atom stereocenters. The number of hydrogen-bond donors (Lipinski definition) is 2. The first-order valence-corrected chi connectivity index (χ1v) is 9.13. The minimum Gasteiger partial charge on any atom is -0.496 e. The van der Waals surface area contributed by atoms with E-state index in [9.17, 15) is 0 Å². The van der Waals surface area contributed by atoms with Gasteiger partial charge in [-0.25, -0.2) is 0 Å². The zero-order valence-corrected chi connectivity index (χ0v) is 17.0. The minimum absolute atomic E-state index is 0.497. The summed E-state index contributed by atoms with van der Waals surface area (Å²) in [5.74, 6) is 3.63. The molecule has 0 amide bonds. The molecule has 0 saturated heterocycles. The van der Waals surface area contributed by atoms with Gasteiger partial charge in [0.25, 0.3) is 0 Å². The van der Waals surface area contributed by atoms with Gasteiger partial charge in [-0.15, -0.1) is 0 Å². The van der Waals surface area contributed by atoms with Crippen molar-refractivity contribution in [1.29, 1.82) is 0 Å². The number of ether oxygens (including phenoxy) is 4. The molecule has 0 aliphatic heterocycles. The third-order valence-corrected chi connectivity index (χ3v) is 4.10. The molecule has 0 aromatic heterocycles. The lowest BCUT2D eigenvalue weighted by Gasteiger charge is -2.17. The number of guanidine groups is 1. The van der Waals surface area contributed by atoms with Crippen molar-refractivity contribution in [1.82, 2.24) is 10.6 Å². The Bertz CT molecular complexity index is 726. The number of aliphatic imine (C=N–C) groups is 1. The number of methoxy groups -OCH3 is 3. The van der Waals surface area contributed by atoms with E-state index in [1.54, 1.807) is 28.4 Å². The van der Waals surface area contributed by atoms with Crippen LogP contribution in [0.25, 0.3) is 0 Å². The van der Waals surface area contributed by atoms with Crippen LogP contribution in [0.3, 0.4) is 0 Å². The molecule has 28 heavy (non-hydrogen) atoms. The zero-order valence-electron chi connectivity index (χ0n) is 17.0. The normalized spacial score (nSPS) is 10.9. The molecule has 2 aromatic carbocycles. The Morgan fingerprint density at radius 2 is 1.57 bits per heavy atom. The third-order valence-electron chi connectivity index (χ3n) is 4.10. The van der Waals surface area contributed by atoms with Crippen LogP contribution in [0.2, 0.25) is 0 Å². The topological polar surface area (TPSA) is 73.3 Å². The van der Waals surface area contributed by atoms with Gasteiger partial charge in [0.05, 0.1) is 40.0 Å². The quantitative estimate of drug-likeness (QED) is 0.371. The van der Waals surface area contributed by atoms with E-state index in [0.29, 0.717) is 36.4 Å². The molecule has 0 saturated carbocycles. The fraction of sp³-hybridized carbons (Fsp3) is 0.381. The maximum absolute atomic E-state index is 5.69. The number of benzene rings is 2. The van der Waals surface area contributed by atoms with Crippen LogP contribution in [0.4, 0.5) is 0 Å². The number of rotatable bonds is 10. The second-order valence-corrected chi connectivity index (χ2v) is 5.88. The fourth-order valence-corrected chi connectivity index (χ4v) is 2.63. The minimum atomic E-state index is 0.497. The molecule has 7 nitrogen and oxygen atoms in total. The lowest BCUT2D eigenvalue weighted by Crippen LogP contribution is -2.37. The van der Waals surface area contributed by atoms with Crippen LogP contribution in [-0.2, 0) is 6.54 Å². The van der Waals surface area contributed by atoms with Crippen molar-refractivity contribution in [2.75, 3.05) is 41.5 Å². The van der Waals surface area contributed by atoms with E-state index in [1.807, 2.05) is 42.5 Å². The summed E-state index contributed by atoms with van der Waals surface area (Å²) in [6.07, 6.45) is 0.852. The van der Waals surface area contributed by atoms with Crippen LogP contribution < -0.4 is 29.6 Å². The first kappa shape index (κ1) is 21.2. The number of nitrogens with one attached hydrogen (secondary N) is 2. The highest BCUT2D eigenvalue weighted by molar-refractivity contribution is 5.79. The predicted molar refractivity (Wildman–Crippen MR) is 111 cm³/mol. The summed E-state index contributed by atoms with van der Waals surface area (Å²) in [4.78, 5) is 4.25. The summed E-state index contributed by atoms with van der Waals surface area (Å²) < 4.78 is 21.9. The van der Waals surface area contributed by atoms with Crippen LogP contribution in [0.15, 0.2) is 47.5 Å². The summed E-state index contributed by atoms with van der Waals surface area (Å²) in [7, 11) is 6.59. The monoisotopic (exact) mass is 387 g/mol. The van der Waals surface area contributed by atoms with E-state index < -0.39 is 0 Å². The van der Waals surface area contributed by atoms with Gasteiger partial charge < -0.3 is 29.6 Å². The van der Waals surface area contributed by atoms with Crippen LogP contribution in [-0.4, -0.2) is 47.5 Å². The molecule has 0 aliphatic carbocycles. The standard InChI is InChI=1S/C21H29N3O4/c1-22-21(23-11-8-12-28-16-9-6-5-7-10-16)24-15-18-19(26-3)13-17(25-2)14-20(18)27-4/h5-7,9-10,13-14H,8,11-12,15H2,1-4H3,(H2,22,23,24). The van der Waals surface area contributed by atoms with E-state index in [-0.39, 0.29) is 0 Å². The molecule has 0 bridgehead atoms. The maximum Gasteiger partial charge on any atom is 0.191 e. The van der Waals surface area contributed by atoms with Crippen molar-refractivity contribution in [3.05, 3.63) is 48.0 Å². The van der Waals surface area contributed by atoms with Crippen LogP contribution in [0.5, 0.6) is 23.0 Å². The molecule has 2 rings (SSSR count). The second-order valence-electron chi connectivity index (χ2n) is 5.88. The molecular formula is C21H29N3O4.